The number of hydrogen-bond acceptors (Lipinski definition) is 1. The van der Waals surface area contributed by atoms with Gasteiger partial charge in [0.2, 0.25) is 0 Å². The lowest BCUT2D eigenvalue weighted by atomic mass is 9.97. The molecule has 2 N–H and O–H groups in total. The molecular weight excluding hydrogens is 274 g/mol. The van der Waals surface area contributed by atoms with E-state index in [-0.39, 0.29) is 0 Å². The van der Waals surface area contributed by atoms with Crippen molar-refractivity contribution in [2.45, 2.75) is 53.9 Å². The smallest absolute Gasteiger partial charge is 0.336 e. The molecule has 0 amide bonds. The Morgan fingerprint density at radius 3 is 2.45 bits per heavy atom. The predicted octanol–water partition coefficient (Wildman–Crippen LogP) is 5.79. The Hall–Kier alpha value is -2.03. The van der Waals surface area contributed by atoms with E-state index < -0.39 is 5.97 Å². The molecule has 0 aliphatic rings. The van der Waals surface area contributed by atoms with Crippen LogP contribution in [0.2, 0.25) is 0 Å². The fourth-order valence-electron chi connectivity index (χ4n) is 2.70. The highest BCUT2D eigenvalue weighted by Gasteiger charge is 2.14. The van der Waals surface area contributed by atoms with Gasteiger partial charge in [0.15, 0.2) is 0 Å². The summed E-state index contributed by atoms with van der Waals surface area (Å²) in [7, 11) is 0. The summed E-state index contributed by atoms with van der Waals surface area (Å²) in [6, 6.07) is 3.61. The first-order valence-electron chi connectivity index (χ1n) is 8.13. The van der Waals surface area contributed by atoms with Gasteiger partial charge < -0.3 is 10.1 Å². The van der Waals surface area contributed by atoms with Gasteiger partial charge in [0.25, 0.3) is 0 Å². The second-order valence-corrected chi connectivity index (χ2v) is 5.06. The number of H-pyrrole nitrogens is 1. The van der Waals surface area contributed by atoms with Gasteiger partial charge in [0, 0.05) is 22.7 Å². The van der Waals surface area contributed by atoms with Crippen molar-refractivity contribution >= 4 is 22.4 Å². The first kappa shape index (κ1) is 18.0. The quantitative estimate of drug-likeness (QED) is 0.734. The number of fused-ring (bicyclic) bond motifs is 1. The van der Waals surface area contributed by atoms with E-state index in [0.717, 1.165) is 35.7 Å². The van der Waals surface area contributed by atoms with Crippen molar-refractivity contribution in [2.75, 3.05) is 0 Å². The van der Waals surface area contributed by atoms with Gasteiger partial charge in [-0.1, -0.05) is 46.3 Å². The largest absolute Gasteiger partial charge is 0.478 e. The number of carbonyl (C=O) groups is 1. The summed E-state index contributed by atoms with van der Waals surface area (Å²) in [6.07, 6.45) is 7.41. The molecule has 0 bridgehead atoms. The second kappa shape index (κ2) is 8.42. The molecule has 0 saturated carbocycles. The Morgan fingerprint density at radius 2 is 1.91 bits per heavy atom. The summed E-state index contributed by atoms with van der Waals surface area (Å²) in [5, 5.41) is 10.3. The van der Waals surface area contributed by atoms with Crippen LogP contribution in [0, 0.1) is 6.92 Å². The monoisotopic (exact) mass is 301 g/mol. The molecule has 120 valence electrons. The third-order valence-electron chi connectivity index (χ3n) is 3.66. The maximum Gasteiger partial charge on any atom is 0.336 e. The van der Waals surface area contributed by atoms with Gasteiger partial charge in [-0.15, -0.1) is 0 Å². The highest BCUT2D eigenvalue weighted by molar-refractivity contribution is 6.00. The fourth-order valence-corrected chi connectivity index (χ4v) is 2.70. The molecule has 0 saturated heterocycles. The number of carboxylic acids is 1. The number of allylic oxidation sites excluding steroid dienone is 2. The van der Waals surface area contributed by atoms with Crippen molar-refractivity contribution in [1.29, 1.82) is 0 Å². The Labute approximate surface area is 133 Å². The zero-order valence-electron chi connectivity index (χ0n) is 14.3. The van der Waals surface area contributed by atoms with Crippen molar-refractivity contribution in [3.8, 4) is 0 Å². The molecule has 1 aromatic carbocycles. The van der Waals surface area contributed by atoms with E-state index >= 15 is 0 Å². The number of rotatable bonds is 5. The van der Waals surface area contributed by atoms with Crippen LogP contribution < -0.4 is 0 Å². The van der Waals surface area contributed by atoms with E-state index in [1.807, 2.05) is 33.0 Å². The molecule has 0 aliphatic carbocycles. The summed E-state index contributed by atoms with van der Waals surface area (Å²) < 4.78 is 0. The van der Waals surface area contributed by atoms with Crippen LogP contribution in [0.5, 0.6) is 0 Å². The zero-order valence-corrected chi connectivity index (χ0v) is 14.3. The Bertz CT molecular complexity index is 665. The van der Waals surface area contributed by atoms with Gasteiger partial charge in [-0.05, 0) is 37.0 Å². The standard InChI is InChI=1S/C17H21NO2.C2H6/c1-4-6-12(7-5-2)15-10-18-16-11(3)13(17(19)20)8-9-14(15)16;1-2/h6,8-10,18H,4-5,7H2,1-3H3,(H,19,20);1-2H3/b12-6+;. The lowest BCUT2D eigenvalue weighted by molar-refractivity contribution is 0.0696. The number of benzene rings is 1. The molecule has 3 nitrogen and oxygen atoms in total. The molecule has 0 radical (unpaired) electrons. The van der Waals surface area contributed by atoms with E-state index in [9.17, 15) is 9.90 Å². The van der Waals surface area contributed by atoms with Gasteiger partial charge in [-0.3, -0.25) is 0 Å². The maximum absolute atomic E-state index is 11.2. The lowest BCUT2D eigenvalue weighted by Gasteiger charge is -2.06. The third-order valence-corrected chi connectivity index (χ3v) is 3.66. The van der Waals surface area contributed by atoms with Gasteiger partial charge in [0.1, 0.15) is 0 Å². The van der Waals surface area contributed by atoms with E-state index in [1.54, 1.807) is 6.07 Å². The predicted molar refractivity (Wildman–Crippen MR) is 94.5 cm³/mol. The maximum atomic E-state index is 11.2. The molecule has 1 heterocycles. The Morgan fingerprint density at radius 1 is 1.23 bits per heavy atom. The van der Waals surface area contributed by atoms with Crippen LogP contribution >= 0.6 is 0 Å². The van der Waals surface area contributed by atoms with Crippen LogP contribution in [0.1, 0.15) is 68.4 Å². The molecule has 0 spiro atoms. The van der Waals surface area contributed by atoms with Gasteiger partial charge >= 0.3 is 5.97 Å². The summed E-state index contributed by atoms with van der Waals surface area (Å²) in [5.41, 5.74) is 4.63. The van der Waals surface area contributed by atoms with Crippen LogP contribution in [0.25, 0.3) is 16.5 Å². The summed E-state index contributed by atoms with van der Waals surface area (Å²) in [6.45, 7) is 10.2. The highest BCUT2D eigenvalue weighted by atomic mass is 16.4. The number of aromatic amines is 1. The van der Waals surface area contributed by atoms with Crippen molar-refractivity contribution in [2.24, 2.45) is 0 Å². The number of hydrogen-bond donors (Lipinski definition) is 2. The molecule has 1 aromatic heterocycles. The van der Waals surface area contributed by atoms with Gasteiger partial charge in [0.05, 0.1) is 5.56 Å². The fraction of sp³-hybridized carbons (Fsp3) is 0.421. The average molecular weight is 301 g/mol. The minimum atomic E-state index is -0.876. The van der Waals surface area contributed by atoms with Gasteiger partial charge in [-0.2, -0.15) is 0 Å². The zero-order chi connectivity index (χ0) is 16.7. The van der Waals surface area contributed by atoms with Crippen molar-refractivity contribution < 1.29 is 9.90 Å². The minimum absolute atomic E-state index is 0.363. The summed E-state index contributed by atoms with van der Waals surface area (Å²) >= 11 is 0. The third kappa shape index (κ3) is 3.59. The van der Waals surface area contributed by atoms with Gasteiger partial charge in [-0.25, -0.2) is 4.79 Å². The molecule has 22 heavy (non-hydrogen) atoms. The molecule has 2 aromatic rings. The molecule has 2 rings (SSSR count). The van der Waals surface area contributed by atoms with E-state index in [0.29, 0.717) is 5.56 Å². The van der Waals surface area contributed by atoms with E-state index in [4.69, 9.17) is 0 Å². The molecule has 3 heteroatoms. The van der Waals surface area contributed by atoms with Crippen LogP contribution in [0.4, 0.5) is 0 Å². The molecule has 0 unspecified atom stereocenters. The molecular formula is C19H27NO2. The van der Waals surface area contributed by atoms with Crippen LogP contribution in [-0.2, 0) is 0 Å². The van der Waals surface area contributed by atoms with Crippen molar-refractivity contribution in [3.05, 3.63) is 41.1 Å². The molecule has 0 fully saturated rings. The van der Waals surface area contributed by atoms with Crippen LogP contribution in [0.15, 0.2) is 24.4 Å². The highest BCUT2D eigenvalue weighted by Crippen LogP contribution is 2.31. The van der Waals surface area contributed by atoms with Crippen LogP contribution in [0.3, 0.4) is 0 Å². The van der Waals surface area contributed by atoms with Crippen LogP contribution in [-0.4, -0.2) is 16.1 Å². The van der Waals surface area contributed by atoms with E-state index in [2.05, 4.69) is 24.9 Å². The Balaban J connectivity index is 0.00000116. The van der Waals surface area contributed by atoms with Crippen molar-refractivity contribution in [1.82, 2.24) is 4.98 Å². The lowest BCUT2D eigenvalue weighted by Crippen LogP contribution is -1.99. The first-order valence-corrected chi connectivity index (χ1v) is 8.13. The normalized spacial score (nSPS) is 11.2. The minimum Gasteiger partial charge on any atom is -0.478 e. The Kier molecular flexibility index (Phi) is 6.90. The first-order chi connectivity index (χ1) is 10.6. The summed E-state index contributed by atoms with van der Waals surface area (Å²) in [5.74, 6) is -0.876. The molecule has 0 atom stereocenters. The van der Waals surface area contributed by atoms with Crippen molar-refractivity contribution in [3.63, 3.8) is 0 Å². The molecule has 0 aliphatic heterocycles. The summed E-state index contributed by atoms with van der Waals surface area (Å²) in [4.78, 5) is 14.4. The topological polar surface area (TPSA) is 53.1 Å². The van der Waals surface area contributed by atoms with E-state index in [1.165, 1.54) is 11.1 Å². The second-order valence-electron chi connectivity index (χ2n) is 5.06. The number of aromatic nitrogens is 1. The SMILES string of the molecule is CC.CC/C=C(\CCC)c1c[nH]c2c(C)c(C(=O)O)ccc12. The number of aromatic carboxylic acids is 1. The average Bonchev–Trinajstić information content (AvgIpc) is 2.94. The number of nitrogens with one attached hydrogen (secondary N) is 1. The number of aryl methyl sites for hydroxylation is 1. The number of carboxylic acid groups (broad SMARTS) is 1.